The molecule has 3 unspecified atom stereocenters. The van der Waals surface area contributed by atoms with Crippen LogP contribution in [-0.4, -0.2) is 79.2 Å². The van der Waals surface area contributed by atoms with Crippen LogP contribution in [0.25, 0.3) is 6.08 Å². The molecular formula is C36H38N2O9. The summed E-state index contributed by atoms with van der Waals surface area (Å²) < 4.78 is 24.7. The summed E-state index contributed by atoms with van der Waals surface area (Å²) in [6, 6.07) is 25.7. The molecule has 1 saturated heterocycles. The monoisotopic (exact) mass is 642 g/mol. The van der Waals surface area contributed by atoms with Gasteiger partial charge >= 0.3 is 5.97 Å². The zero-order chi connectivity index (χ0) is 33.1. The third kappa shape index (κ3) is 8.32. The normalized spacial score (nSPS) is 19.8. The minimum Gasteiger partial charge on any atom is -0.499 e. The van der Waals surface area contributed by atoms with Crippen molar-refractivity contribution < 1.29 is 43.5 Å². The summed E-state index contributed by atoms with van der Waals surface area (Å²) >= 11 is 0. The third-order valence-corrected chi connectivity index (χ3v) is 7.70. The van der Waals surface area contributed by atoms with Gasteiger partial charge in [-0.1, -0.05) is 72.8 Å². The van der Waals surface area contributed by atoms with E-state index < -0.39 is 36.0 Å². The fraction of sp³-hybridized carbons (Fsp3) is 0.306. The number of hydrogen-bond acceptors (Lipinski definition) is 9. The lowest BCUT2D eigenvalue weighted by Gasteiger charge is -2.31. The molecule has 0 spiro atoms. The zero-order valence-electron chi connectivity index (χ0n) is 25.7. The van der Waals surface area contributed by atoms with Crippen LogP contribution in [0.3, 0.4) is 0 Å². The lowest BCUT2D eigenvalue weighted by atomic mass is 9.91. The van der Waals surface area contributed by atoms with Gasteiger partial charge < -0.3 is 39.8 Å². The lowest BCUT2D eigenvalue weighted by molar-refractivity contribution is -0.157. The quantitative estimate of drug-likeness (QED) is 0.118. The average molecular weight is 643 g/mol. The van der Waals surface area contributed by atoms with Gasteiger partial charge in [0.2, 0.25) is 17.6 Å². The van der Waals surface area contributed by atoms with Crippen LogP contribution >= 0.6 is 0 Å². The average Bonchev–Trinajstić information content (AvgIpc) is 3.51. The van der Waals surface area contributed by atoms with E-state index in [1.807, 2.05) is 60.7 Å². The van der Waals surface area contributed by atoms with E-state index in [1.54, 1.807) is 36.4 Å². The van der Waals surface area contributed by atoms with Crippen molar-refractivity contribution in [2.45, 2.75) is 36.9 Å². The van der Waals surface area contributed by atoms with Crippen molar-refractivity contribution >= 4 is 23.9 Å². The van der Waals surface area contributed by atoms with Crippen molar-refractivity contribution in [1.82, 2.24) is 10.6 Å². The number of rotatable bonds is 14. The molecule has 47 heavy (non-hydrogen) atoms. The van der Waals surface area contributed by atoms with Gasteiger partial charge in [-0.15, -0.1) is 0 Å². The Hall–Kier alpha value is -4.81. The molecule has 0 bridgehead atoms. The molecule has 11 heteroatoms. The molecule has 1 heterocycles. The fourth-order valence-corrected chi connectivity index (χ4v) is 5.50. The van der Waals surface area contributed by atoms with Crippen LogP contribution < -0.4 is 10.6 Å². The molecular weight excluding hydrogens is 604 g/mol. The molecule has 11 nitrogen and oxygen atoms in total. The molecule has 4 N–H and O–H groups in total. The molecule has 1 aliphatic carbocycles. The number of nitrogens with one attached hydrogen (secondary N) is 2. The van der Waals surface area contributed by atoms with Crippen molar-refractivity contribution in [3.63, 3.8) is 0 Å². The van der Waals surface area contributed by atoms with Gasteiger partial charge in [-0.3, -0.25) is 9.59 Å². The molecule has 3 aromatic carbocycles. The maximum absolute atomic E-state index is 13.6. The molecule has 5 rings (SSSR count). The highest BCUT2D eigenvalue weighted by molar-refractivity contribution is 5.94. The zero-order valence-corrected chi connectivity index (χ0v) is 25.7. The molecule has 3 aromatic rings. The Labute approximate surface area is 272 Å². The maximum Gasteiger partial charge on any atom is 0.338 e. The Bertz CT molecular complexity index is 1540. The first-order valence-corrected chi connectivity index (χ1v) is 15.5. The van der Waals surface area contributed by atoms with E-state index in [0.717, 1.165) is 11.1 Å². The molecule has 0 aromatic heterocycles. The molecule has 3 atom stereocenters. The smallest absolute Gasteiger partial charge is 0.338 e. The van der Waals surface area contributed by atoms with Gasteiger partial charge in [-0.05, 0) is 29.8 Å². The van der Waals surface area contributed by atoms with E-state index in [4.69, 9.17) is 29.2 Å². The Morgan fingerprint density at radius 3 is 2.28 bits per heavy atom. The first-order valence-electron chi connectivity index (χ1n) is 15.5. The van der Waals surface area contributed by atoms with Crippen LogP contribution in [0, 0.1) is 0 Å². The van der Waals surface area contributed by atoms with E-state index in [-0.39, 0.29) is 57.2 Å². The van der Waals surface area contributed by atoms with E-state index >= 15 is 0 Å². The second kappa shape index (κ2) is 16.1. The predicted octanol–water partition coefficient (Wildman–Crippen LogP) is 2.82. The third-order valence-electron chi connectivity index (χ3n) is 7.70. The lowest BCUT2D eigenvalue weighted by Crippen LogP contribution is -2.44. The Balaban J connectivity index is 1.41. The Morgan fingerprint density at radius 2 is 1.60 bits per heavy atom. The van der Waals surface area contributed by atoms with Gasteiger partial charge in [-0.2, -0.15) is 0 Å². The van der Waals surface area contributed by atoms with E-state index in [2.05, 4.69) is 10.6 Å². The topological polar surface area (TPSA) is 153 Å². The second-order valence-corrected chi connectivity index (χ2v) is 11.0. The number of carbonyl (C=O) groups excluding carboxylic acids is 3. The van der Waals surface area contributed by atoms with Crippen molar-refractivity contribution in [2.24, 2.45) is 0 Å². The number of aliphatic hydroxyl groups is 2. The highest BCUT2D eigenvalue weighted by atomic mass is 16.8. The first kappa shape index (κ1) is 33.6. The van der Waals surface area contributed by atoms with Crippen LogP contribution in [0.4, 0.5) is 0 Å². The van der Waals surface area contributed by atoms with Crippen molar-refractivity contribution in [1.29, 1.82) is 0 Å². The van der Waals surface area contributed by atoms with Gasteiger partial charge in [0.25, 0.3) is 0 Å². The SMILES string of the molecule is O=C(CCNC(=O)C1=CC2OC(c3ccccc3)(c3ccccc3)OC2C(OC(=O)c2cccc(C=COCCO)c2)C1)NCCO. The highest BCUT2D eigenvalue weighted by Gasteiger charge is 2.54. The van der Waals surface area contributed by atoms with Gasteiger partial charge in [0, 0.05) is 42.6 Å². The van der Waals surface area contributed by atoms with E-state index in [0.29, 0.717) is 11.1 Å². The number of hydrogen-bond donors (Lipinski definition) is 4. The van der Waals surface area contributed by atoms with Crippen LogP contribution in [0.15, 0.2) is 103 Å². The number of amides is 2. The summed E-state index contributed by atoms with van der Waals surface area (Å²) in [6.07, 6.45) is 2.48. The predicted molar refractivity (Wildman–Crippen MR) is 172 cm³/mol. The van der Waals surface area contributed by atoms with E-state index in [1.165, 1.54) is 6.26 Å². The summed E-state index contributed by atoms with van der Waals surface area (Å²) in [5.41, 5.74) is 2.79. The highest BCUT2D eigenvalue weighted by Crippen LogP contribution is 2.47. The van der Waals surface area contributed by atoms with Crippen molar-refractivity contribution in [2.75, 3.05) is 32.9 Å². The Kier molecular flexibility index (Phi) is 11.5. The van der Waals surface area contributed by atoms with Crippen molar-refractivity contribution in [3.05, 3.63) is 125 Å². The van der Waals surface area contributed by atoms with Gasteiger partial charge in [0.05, 0.1) is 25.0 Å². The van der Waals surface area contributed by atoms with Crippen LogP contribution in [0.2, 0.25) is 0 Å². The Morgan fingerprint density at radius 1 is 0.872 bits per heavy atom. The second-order valence-electron chi connectivity index (χ2n) is 11.0. The molecule has 1 aliphatic heterocycles. The largest absolute Gasteiger partial charge is 0.499 e. The number of carbonyl (C=O) groups is 3. The van der Waals surface area contributed by atoms with Gasteiger partial charge in [0.15, 0.2) is 0 Å². The fourth-order valence-electron chi connectivity index (χ4n) is 5.50. The van der Waals surface area contributed by atoms with Crippen LogP contribution in [0.5, 0.6) is 0 Å². The molecule has 246 valence electrons. The molecule has 2 amide bonds. The minimum atomic E-state index is -1.34. The summed E-state index contributed by atoms with van der Waals surface area (Å²) in [5.74, 6) is -2.67. The maximum atomic E-state index is 13.6. The molecule has 0 radical (unpaired) electrons. The summed E-state index contributed by atoms with van der Waals surface area (Å²) in [4.78, 5) is 38.9. The summed E-state index contributed by atoms with van der Waals surface area (Å²) in [6.45, 7) is 0.0636. The molecule has 0 saturated carbocycles. The number of ether oxygens (including phenoxy) is 4. The van der Waals surface area contributed by atoms with Crippen molar-refractivity contribution in [3.8, 4) is 0 Å². The van der Waals surface area contributed by atoms with Gasteiger partial charge in [-0.25, -0.2) is 4.79 Å². The summed E-state index contributed by atoms with van der Waals surface area (Å²) in [5, 5.41) is 23.1. The number of aliphatic hydroxyl groups excluding tert-OH is 2. The van der Waals surface area contributed by atoms with Crippen LogP contribution in [-0.2, 0) is 34.3 Å². The number of esters is 1. The van der Waals surface area contributed by atoms with Gasteiger partial charge in [0.1, 0.15) is 24.9 Å². The van der Waals surface area contributed by atoms with Crippen LogP contribution in [0.1, 0.15) is 39.9 Å². The molecule has 1 fully saturated rings. The number of fused-ring (bicyclic) bond motifs is 1. The van der Waals surface area contributed by atoms with E-state index in [9.17, 15) is 14.4 Å². The first-order chi connectivity index (χ1) is 22.9. The molecule has 2 aliphatic rings. The summed E-state index contributed by atoms with van der Waals surface area (Å²) in [7, 11) is 0. The minimum absolute atomic E-state index is 0.0318. The standard InChI is InChI=1S/C36H38N2O9/c39-18-17-37-32(41)14-16-38-34(42)27-23-30(45-35(43)26-9-7-8-25(22-26)15-20-44-21-19-40)33-31(24-27)46-36(47-33,28-10-3-1-4-11-28)29-12-5-2-6-13-29/h1-13,15,20,22,24,30-31,33,39-40H,14,16-19,21,23H2,(H,37,41)(H,38,42). The number of benzene rings is 3.